The Morgan fingerprint density at radius 1 is 1.44 bits per heavy atom. The third kappa shape index (κ3) is 4.35. The second-order valence-electron chi connectivity index (χ2n) is 4.19. The van der Waals surface area contributed by atoms with Crippen LogP contribution in [0.1, 0.15) is 11.1 Å². The first-order valence-corrected chi connectivity index (χ1v) is 5.82. The van der Waals surface area contributed by atoms with E-state index < -0.39 is 6.10 Å². The molecule has 100 valence electrons. The van der Waals surface area contributed by atoms with Gasteiger partial charge >= 0.3 is 6.03 Å². The maximum atomic E-state index is 11.6. The van der Waals surface area contributed by atoms with Crippen molar-refractivity contribution in [3.8, 4) is 0 Å². The Bertz CT molecular complexity index is 407. The van der Waals surface area contributed by atoms with Gasteiger partial charge < -0.3 is 20.5 Å². The molecule has 0 spiro atoms. The second-order valence-corrected chi connectivity index (χ2v) is 4.19. The van der Waals surface area contributed by atoms with Gasteiger partial charge in [0.25, 0.3) is 0 Å². The quantitative estimate of drug-likeness (QED) is 0.742. The van der Waals surface area contributed by atoms with Crippen LogP contribution in [0.15, 0.2) is 18.2 Å². The maximum Gasteiger partial charge on any atom is 0.319 e. The predicted molar refractivity (Wildman–Crippen MR) is 70.8 cm³/mol. The van der Waals surface area contributed by atoms with Crippen LogP contribution in [-0.2, 0) is 4.74 Å². The summed E-state index contributed by atoms with van der Waals surface area (Å²) in [5, 5.41) is 14.7. The molecular formula is C13H20N2O3. The van der Waals surface area contributed by atoms with Gasteiger partial charge in [-0.25, -0.2) is 4.79 Å². The monoisotopic (exact) mass is 252 g/mol. The molecule has 0 aromatic heterocycles. The molecule has 5 heteroatoms. The first kappa shape index (κ1) is 14.5. The van der Waals surface area contributed by atoms with Crippen molar-refractivity contribution in [3.05, 3.63) is 29.3 Å². The van der Waals surface area contributed by atoms with Crippen molar-refractivity contribution >= 4 is 11.7 Å². The Morgan fingerprint density at radius 2 is 2.17 bits per heavy atom. The molecule has 5 nitrogen and oxygen atoms in total. The number of aliphatic hydroxyl groups excluding tert-OH is 1. The Kier molecular flexibility index (Phi) is 5.61. The highest BCUT2D eigenvalue weighted by molar-refractivity contribution is 5.90. The van der Waals surface area contributed by atoms with E-state index in [-0.39, 0.29) is 19.2 Å². The molecule has 1 rings (SSSR count). The molecule has 1 aromatic rings. The van der Waals surface area contributed by atoms with Crippen LogP contribution in [0.4, 0.5) is 10.5 Å². The molecule has 0 heterocycles. The minimum absolute atomic E-state index is 0.157. The average molecular weight is 252 g/mol. The lowest BCUT2D eigenvalue weighted by molar-refractivity contribution is 0.0663. The summed E-state index contributed by atoms with van der Waals surface area (Å²) in [6, 6.07) is 5.38. The Labute approximate surface area is 107 Å². The van der Waals surface area contributed by atoms with Crippen LogP contribution in [0.25, 0.3) is 0 Å². The van der Waals surface area contributed by atoms with E-state index in [9.17, 15) is 9.90 Å². The number of urea groups is 1. The van der Waals surface area contributed by atoms with Crippen molar-refractivity contribution in [3.63, 3.8) is 0 Å². The van der Waals surface area contributed by atoms with Crippen LogP contribution in [-0.4, -0.2) is 37.5 Å². The normalized spacial score (nSPS) is 12.0. The maximum absolute atomic E-state index is 11.6. The molecule has 1 aromatic carbocycles. The van der Waals surface area contributed by atoms with Gasteiger partial charge in [-0.2, -0.15) is 0 Å². The first-order chi connectivity index (χ1) is 8.54. The molecule has 0 saturated heterocycles. The topological polar surface area (TPSA) is 70.6 Å². The zero-order valence-corrected chi connectivity index (χ0v) is 11.0. The molecule has 0 aliphatic rings. The standard InChI is InChI=1S/C13H20N2O3/c1-9-5-4-6-12(10(9)2)15-13(17)14-7-11(16)8-18-3/h4-6,11,16H,7-8H2,1-3H3,(H2,14,15,17). The van der Waals surface area contributed by atoms with E-state index in [0.29, 0.717) is 0 Å². The molecule has 3 N–H and O–H groups in total. The zero-order valence-electron chi connectivity index (χ0n) is 11.0. The Balaban J connectivity index is 2.47. The van der Waals surface area contributed by atoms with Crippen LogP contribution in [0.2, 0.25) is 0 Å². The fourth-order valence-electron chi connectivity index (χ4n) is 1.51. The highest BCUT2D eigenvalue weighted by Gasteiger charge is 2.08. The third-order valence-corrected chi connectivity index (χ3v) is 2.71. The summed E-state index contributed by atoms with van der Waals surface area (Å²) in [6.07, 6.45) is -0.695. The van der Waals surface area contributed by atoms with Crippen molar-refractivity contribution in [1.29, 1.82) is 0 Å². The molecule has 1 atom stereocenters. The number of benzene rings is 1. The van der Waals surface area contributed by atoms with Gasteiger partial charge in [-0.05, 0) is 31.0 Å². The number of hydrogen-bond acceptors (Lipinski definition) is 3. The smallest absolute Gasteiger partial charge is 0.319 e. The number of amides is 2. The largest absolute Gasteiger partial charge is 0.389 e. The van der Waals surface area contributed by atoms with Crippen molar-refractivity contribution in [2.24, 2.45) is 0 Å². The zero-order chi connectivity index (χ0) is 13.5. The van der Waals surface area contributed by atoms with E-state index in [1.165, 1.54) is 7.11 Å². The Morgan fingerprint density at radius 3 is 2.83 bits per heavy atom. The fourth-order valence-corrected chi connectivity index (χ4v) is 1.51. The van der Waals surface area contributed by atoms with Gasteiger partial charge in [-0.1, -0.05) is 12.1 Å². The van der Waals surface area contributed by atoms with Gasteiger partial charge in [0.2, 0.25) is 0 Å². The lowest BCUT2D eigenvalue weighted by Gasteiger charge is -2.13. The number of anilines is 1. The molecule has 0 radical (unpaired) electrons. The summed E-state index contributed by atoms with van der Waals surface area (Å²) in [5.74, 6) is 0. The van der Waals surface area contributed by atoms with E-state index in [4.69, 9.17) is 4.74 Å². The van der Waals surface area contributed by atoms with Gasteiger partial charge in [0.15, 0.2) is 0 Å². The van der Waals surface area contributed by atoms with Gasteiger partial charge in [0, 0.05) is 19.3 Å². The summed E-state index contributed by atoms with van der Waals surface area (Å²) < 4.78 is 4.77. The molecule has 0 fully saturated rings. The minimum Gasteiger partial charge on any atom is -0.389 e. The highest BCUT2D eigenvalue weighted by Crippen LogP contribution is 2.17. The first-order valence-electron chi connectivity index (χ1n) is 5.82. The third-order valence-electron chi connectivity index (χ3n) is 2.71. The SMILES string of the molecule is COCC(O)CNC(=O)Nc1cccc(C)c1C. The number of aliphatic hydroxyl groups is 1. The number of carbonyl (C=O) groups is 1. The van der Waals surface area contributed by atoms with Crippen LogP contribution in [0.5, 0.6) is 0 Å². The highest BCUT2D eigenvalue weighted by atomic mass is 16.5. The lowest BCUT2D eigenvalue weighted by atomic mass is 10.1. The van der Waals surface area contributed by atoms with Gasteiger partial charge in [-0.15, -0.1) is 0 Å². The fraction of sp³-hybridized carbons (Fsp3) is 0.462. The molecule has 0 aliphatic heterocycles. The average Bonchev–Trinajstić information content (AvgIpc) is 2.33. The number of methoxy groups -OCH3 is 1. The minimum atomic E-state index is -0.695. The van der Waals surface area contributed by atoms with Crippen molar-refractivity contribution < 1.29 is 14.6 Å². The molecule has 1 unspecified atom stereocenters. The van der Waals surface area contributed by atoms with E-state index in [0.717, 1.165) is 16.8 Å². The summed E-state index contributed by atoms with van der Waals surface area (Å²) >= 11 is 0. The van der Waals surface area contributed by atoms with E-state index >= 15 is 0 Å². The van der Waals surface area contributed by atoms with Crippen molar-refractivity contribution in [2.75, 3.05) is 25.6 Å². The Hall–Kier alpha value is -1.59. The summed E-state index contributed by atoms with van der Waals surface area (Å²) in [7, 11) is 1.50. The predicted octanol–water partition coefficient (Wildman–Crippen LogP) is 1.43. The number of nitrogens with one attached hydrogen (secondary N) is 2. The molecule has 18 heavy (non-hydrogen) atoms. The van der Waals surface area contributed by atoms with E-state index in [2.05, 4.69) is 10.6 Å². The van der Waals surface area contributed by atoms with E-state index in [1.54, 1.807) is 0 Å². The van der Waals surface area contributed by atoms with Crippen LogP contribution < -0.4 is 10.6 Å². The van der Waals surface area contributed by atoms with Crippen LogP contribution >= 0.6 is 0 Å². The number of aryl methyl sites for hydroxylation is 1. The van der Waals surface area contributed by atoms with E-state index in [1.807, 2.05) is 32.0 Å². The van der Waals surface area contributed by atoms with Crippen LogP contribution in [0.3, 0.4) is 0 Å². The van der Waals surface area contributed by atoms with Gasteiger partial charge in [-0.3, -0.25) is 0 Å². The summed E-state index contributed by atoms with van der Waals surface area (Å²) in [6.45, 7) is 4.29. The van der Waals surface area contributed by atoms with Gasteiger partial charge in [0.1, 0.15) is 0 Å². The lowest BCUT2D eigenvalue weighted by Crippen LogP contribution is -2.37. The molecule has 0 saturated carbocycles. The molecular weight excluding hydrogens is 232 g/mol. The van der Waals surface area contributed by atoms with Crippen LogP contribution in [0, 0.1) is 13.8 Å². The second kappa shape index (κ2) is 6.98. The number of hydrogen-bond donors (Lipinski definition) is 3. The summed E-state index contributed by atoms with van der Waals surface area (Å²) in [5.41, 5.74) is 2.92. The molecule has 0 aliphatic carbocycles. The number of rotatable bonds is 5. The molecule has 2 amide bonds. The van der Waals surface area contributed by atoms with Crippen molar-refractivity contribution in [2.45, 2.75) is 20.0 Å². The number of ether oxygens (including phenoxy) is 1. The summed E-state index contributed by atoms with van der Waals surface area (Å²) in [4.78, 5) is 11.6. The number of carbonyl (C=O) groups excluding carboxylic acids is 1. The van der Waals surface area contributed by atoms with Gasteiger partial charge in [0.05, 0.1) is 12.7 Å². The van der Waals surface area contributed by atoms with Crippen molar-refractivity contribution in [1.82, 2.24) is 5.32 Å². The molecule has 0 bridgehead atoms.